The van der Waals surface area contributed by atoms with Crippen molar-refractivity contribution in [3.05, 3.63) is 22.6 Å². The number of aromatic amines is 1. The number of anilines is 1. The Morgan fingerprint density at radius 2 is 1.27 bits per heavy atom. The van der Waals surface area contributed by atoms with Crippen LogP contribution >= 0.6 is 0 Å². The molecule has 0 radical (unpaired) electrons. The molecule has 8 nitrogen and oxygen atoms in total. The van der Waals surface area contributed by atoms with Crippen molar-refractivity contribution in [1.82, 2.24) is 14.9 Å². The molecule has 0 spiro atoms. The Kier molecular flexibility index (Phi) is 30.4. The molecule has 1 aromatic heterocycles. The molecule has 0 saturated carbocycles. The first-order valence-electron chi connectivity index (χ1n) is 20.2. The van der Waals surface area contributed by atoms with Gasteiger partial charge in [0.15, 0.2) is 0 Å². The number of hydrogen-bond acceptors (Lipinski definition) is 7. The molecule has 1 rings (SSSR count). The molecular formula is C40H74N4O4. The minimum atomic E-state index is -0.143. The van der Waals surface area contributed by atoms with Crippen LogP contribution in [0.3, 0.4) is 0 Å². The van der Waals surface area contributed by atoms with Gasteiger partial charge in [0.25, 0.3) is 5.56 Å². The van der Waals surface area contributed by atoms with E-state index in [1.807, 2.05) is 0 Å². The Balaban J connectivity index is 2.31. The first-order chi connectivity index (χ1) is 23.6. The molecule has 0 aliphatic rings. The lowest BCUT2D eigenvalue weighted by atomic mass is 10.0. The molecule has 0 saturated heterocycles. The summed E-state index contributed by atoms with van der Waals surface area (Å²) in [5.41, 5.74) is -0.143. The van der Waals surface area contributed by atoms with Crippen LogP contribution in [0, 0.1) is 0 Å². The lowest BCUT2D eigenvalue weighted by Crippen LogP contribution is -2.28. The van der Waals surface area contributed by atoms with Gasteiger partial charge in [-0.2, -0.15) is 0 Å². The second kappa shape index (κ2) is 33.3. The van der Waals surface area contributed by atoms with Crippen molar-refractivity contribution in [1.29, 1.82) is 0 Å². The fraction of sp³-hybridized carbons (Fsp3) is 0.850. The third-order valence-corrected chi connectivity index (χ3v) is 9.32. The molecule has 8 heteroatoms. The van der Waals surface area contributed by atoms with Crippen LogP contribution in [0.4, 0.5) is 5.95 Å². The normalized spacial score (nSPS) is 11.4. The van der Waals surface area contributed by atoms with Gasteiger partial charge < -0.3 is 19.7 Å². The molecular weight excluding hydrogens is 600 g/mol. The number of nitrogens with one attached hydrogen (secondary N) is 2. The molecule has 48 heavy (non-hydrogen) atoms. The van der Waals surface area contributed by atoms with Crippen molar-refractivity contribution in [2.24, 2.45) is 0 Å². The van der Waals surface area contributed by atoms with Gasteiger partial charge in [-0.1, -0.05) is 117 Å². The average Bonchev–Trinajstić information content (AvgIpc) is 3.08. The van der Waals surface area contributed by atoms with E-state index in [4.69, 9.17) is 4.74 Å². The van der Waals surface area contributed by atoms with Crippen LogP contribution in [0.15, 0.2) is 17.1 Å². The summed E-state index contributed by atoms with van der Waals surface area (Å²) in [7, 11) is 0. The molecule has 1 aromatic rings. The second-order valence-electron chi connectivity index (χ2n) is 13.9. The van der Waals surface area contributed by atoms with E-state index in [2.05, 4.69) is 34.0 Å². The van der Waals surface area contributed by atoms with E-state index in [1.54, 1.807) is 0 Å². The van der Waals surface area contributed by atoms with Gasteiger partial charge in [0.05, 0.1) is 0 Å². The maximum Gasteiger partial charge on any atom is 0.306 e. The van der Waals surface area contributed by atoms with E-state index >= 15 is 0 Å². The van der Waals surface area contributed by atoms with Crippen LogP contribution in [0.1, 0.15) is 187 Å². The van der Waals surface area contributed by atoms with Gasteiger partial charge in [-0.3, -0.25) is 14.6 Å². The summed E-state index contributed by atoms with van der Waals surface area (Å²) >= 11 is 0. The molecule has 278 valence electrons. The molecule has 0 fully saturated rings. The van der Waals surface area contributed by atoms with Gasteiger partial charge in [0.2, 0.25) is 5.95 Å². The van der Waals surface area contributed by atoms with Crippen LogP contribution < -0.4 is 10.9 Å². The number of esters is 1. The summed E-state index contributed by atoms with van der Waals surface area (Å²) < 4.78 is 6.03. The van der Waals surface area contributed by atoms with Crippen LogP contribution in [-0.4, -0.2) is 59.4 Å². The number of rotatable bonds is 36. The highest BCUT2D eigenvalue weighted by Gasteiger charge is 2.14. The Morgan fingerprint density at radius 1 is 0.750 bits per heavy atom. The Hall–Kier alpha value is -2.22. The Bertz CT molecular complexity index is 909. The lowest BCUT2D eigenvalue weighted by Gasteiger charge is -2.22. The summed E-state index contributed by atoms with van der Waals surface area (Å²) in [4.78, 5) is 44.2. The number of nitrogens with zero attached hydrogens (tertiary/aromatic N) is 2. The van der Waals surface area contributed by atoms with E-state index in [-0.39, 0.29) is 17.6 Å². The number of hydrogen-bond donors (Lipinski definition) is 2. The van der Waals surface area contributed by atoms with E-state index in [0.717, 1.165) is 83.8 Å². The first-order valence-corrected chi connectivity index (χ1v) is 20.2. The molecule has 0 aliphatic heterocycles. The number of ether oxygens (including phenoxy) is 1. The molecule has 0 aromatic carbocycles. The van der Waals surface area contributed by atoms with Crippen LogP contribution in [-0.2, 0) is 14.3 Å². The zero-order chi connectivity index (χ0) is 34.8. The van der Waals surface area contributed by atoms with Crippen molar-refractivity contribution < 1.29 is 14.3 Å². The third kappa shape index (κ3) is 27.7. The van der Waals surface area contributed by atoms with Crippen molar-refractivity contribution in [3.63, 3.8) is 0 Å². The number of carbonyl (C=O) groups is 2. The van der Waals surface area contributed by atoms with Gasteiger partial charge >= 0.3 is 5.97 Å². The van der Waals surface area contributed by atoms with Crippen LogP contribution in [0.2, 0.25) is 0 Å². The number of carbonyl (C=O) groups excluding carboxylic acids is 2. The number of unbranched alkanes of at least 4 members (excludes halogenated alkanes) is 19. The largest absolute Gasteiger partial charge is 0.462 e. The van der Waals surface area contributed by atoms with E-state index in [9.17, 15) is 14.4 Å². The molecule has 1 heterocycles. The zero-order valence-corrected chi connectivity index (χ0v) is 31.3. The maximum atomic E-state index is 12.7. The summed E-state index contributed by atoms with van der Waals surface area (Å²) in [5, 5.41) is 3.23. The molecule has 0 bridgehead atoms. The number of H-pyrrole nitrogens is 1. The first kappa shape index (κ1) is 43.8. The molecule has 0 unspecified atom stereocenters. The molecule has 0 aliphatic carbocycles. The Labute approximate surface area is 294 Å². The predicted octanol–water partition coefficient (Wildman–Crippen LogP) is 10.2. The summed E-state index contributed by atoms with van der Waals surface area (Å²) in [6.45, 7) is 8.48. The minimum Gasteiger partial charge on any atom is -0.462 e. The van der Waals surface area contributed by atoms with Crippen LogP contribution in [0.25, 0.3) is 0 Å². The highest BCUT2D eigenvalue weighted by molar-refractivity contribution is 5.69. The Morgan fingerprint density at radius 3 is 1.85 bits per heavy atom. The smallest absolute Gasteiger partial charge is 0.306 e. The minimum absolute atomic E-state index is 0.0117. The highest BCUT2D eigenvalue weighted by atomic mass is 16.5. The fourth-order valence-electron chi connectivity index (χ4n) is 6.35. The monoisotopic (exact) mass is 675 g/mol. The van der Waals surface area contributed by atoms with Crippen molar-refractivity contribution in [3.8, 4) is 0 Å². The molecule has 0 amide bonds. The highest BCUT2D eigenvalue weighted by Crippen LogP contribution is 2.18. The van der Waals surface area contributed by atoms with E-state index in [0.29, 0.717) is 18.8 Å². The molecule has 2 N–H and O–H groups in total. The van der Waals surface area contributed by atoms with Crippen LogP contribution in [0.5, 0.6) is 0 Å². The fourth-order valence-corrected chi connectivity index (χ4v) is 6.35. The van der Waals surface area contributed by atoms with Gasteiger partial charge in [-0.25, -0.2) is 4.98 Å². The van der Waals surface area contributed by atoms with E-state index in [1.165, 1.54) is 121 Å². The third-order valence-electron chi connectivity index (χ3n) is 9.32. The number of aromatic nitrogens is 2. The van der Waals surface area contributed by atoms with Gasteiger partial charge in [0.1, 0.15) is 12.4 Å². The van der Waals surface area contributed by atoms with Crippen molar-refractivity contribution in [2.75, 3.05) is 31.5 Å². The second-order valence-corrected chi connectivity index (χ2v) is 13.9. The number of aldehydes is 1. The van der Waals surface area contributed by atoms with E-state index < -0.39 is 0 Å². The van der Waals surface area contributed by atoms with Gasteiger partial charge in [-0.05, 0) is 77.4 Å². The maximum absolute atomic E-state index is 12.7. The quantitative estimate of drug-likeness (QED) is 0.0415. The zero-order valence-electron chi connectivity index (χ0n) is 31.3. The SMILES string of the molecule is CCCCCCCCC(CCCCCCCC)OC(=O)CCCCCCCN(CCCCCCCC=O)CCCNc1nccc(=O)[nH]1. The van der Waals surface area contributed by atoms with Gasteiger partial charge in [-0.15, -0.1) is 0 Å². The topological polar surface area (TPSA) is 104 Å². The van der Waals surface area contributed by atoms with Gasteiger partial charge in [0, 0.05) is 31.6 Å². The lowest BCUT2D eigenvalue weighted by molar-refractivity contribution is -0.150. The predicted molar refractivity (Wildman–Crippen MR) is 202 cm³/mol. The van der Waals surface area contributed by atoms with Crippen molar-refractivity contribution >= 4 is 18.2 Å². The van der Waals surface area contributed by atoms with Crippen molar-refractivity contribution in [2.45, 2.75) is 193 Å². The summed E-state index contributed by atoms with van der Waals surface area (Å²) in [5.74, 6) is 0.539. The standard InChI is InChI=1S/C40H74N4O4/c1-3-5-7-9-14-20-27-37(28-21-15-10-8-6-4-2)48-39(47)29-22-16-13-18-24-34-44(33-23-17-11-12-19-25-36-45)35-26-31-41-40-42-32-30-38(46)43-40/h30,32,36-37H,3-29,31,33-35H2,1-2H3,(H2,41,42,43,46). The average molecular weight is 675 g/mol. The summed E-state index contributed by atoms with van der Waals surface area (Å²) in [6, 6.07) is 1.42. The summed E-state index contributed by atoms with van der Waals surface area (Å²) in [6.07, 6.45) is 33.5. The molecule has 0 atom stereocenters.